The monoisotopic (exact) mass is 253 g/mol. The molecule has 2 aromatic rings. The summed E-state index contributed by atoms with van der Waals surface area (Å²) in [4.78, 5) is 3.42. The van der Waals surface area contributed by atoms with Crippen molar-refractivity contribution in [3.05, 3.63) is 29.8 Å². The third kappa shape index (κ3) is 1.07. The summed E-state index contributed by atoms with van der Waals surface area (Å²) in [5.41, 5.74) is 2.75. The summed E-state index contributed by atoms with van der Waals surface area (Å²) in [6.07, 6.45) is 0. The number of H-pyrrole nitrogens is 1. The minimum atomic E-state index is 0.598. The first-order valence-electron chi connectivity index (χ1n) is 3.83. The molecule has 0 saturated heterocycles. The van der Waals surface area contributed by atoms with E-state index in [2.05, 4.69) is 36.2 Å². The van der Waals surface area contributed by atoms with Gasteiger partial charge in [-0.25, -0.2) is 0 Å². The van der Waals surface area contributed by atoms with Gasteiger partial charge in [-0.15, -0.1) is 0 Å². The molecule has 1 heterocycles. The van der Waals surface area contributed by atoms with E-state index in [1.165, 1.54) is 20.2 Å². The van der Waals surface area contributed by atoms with Crippen molar-refractivity contribution in [2.45, 2.75) is 6.92 Å². The van der Waals surface area contributed by atoms with E-state index in [0.29, 0.717) is 22.5 Å². The summed E-state index contributed by atoms with van der Waals surface area (Å²) in [5, 5.41) is 1.39. The molecule has 0 unspecified atom stereocenters. The average molecular weight is 252 g/mol. The van der Waals surface area contributed by atoms with Crippen LogP contribution in [0.15, 0.2) is 24.3 Å². The average Bonchev–Trinajstić information content (AvgIpc) is 2.30. The van der Waals surface area contributed by atoms with Crippen molar-refractivity contribution in [1.82, 2.24) is 4.98 Å². The molecule has 0 spiro atoms. The molecule has 1 aromatic heterocycles. The Kier molecular flexibility index (Phi) is 1.68. The van der Waals surface area contributed by atoms with E-state index in [9.17, 15) is 0 Å². The molecule has 2 heteroatoms. The van der Waals surface area contributed by atoms with Crippen LogP contribution in [0.2, 0.25) is 0 Å². The zero-order valence-corrected chi connectivity index (χ0v) is 12.5. The zero-order valence-electron chi connectivity index (χ0n) is 6.81. The van der Waals surface area contributed by atoms with Crippen molar-refractivity contribution in [1.29, 1.82) is 0 Å². The van der Waals surface area contributed by atoms with E-state index in [-0.39, 0.29) is 0 Å². The third-order valence-electron chi connectivity index (χ3n) is 2.22. The molecular formula is C9H11NSn. The Morgan fingerprint density at radius 3 is 2.73 bits per heavy atom. The Bertz CT molecular complexity index is 389. The second kappa shape index (κ2) is 2.55. The Labute approximate surface area is 78.9 Å². The Morgan fingerprint density at radius 1 is 1.27 bits per heavy atom. The van der Waals surface area contributed by atoms with Crippen LogP contribution in [-0.2, 0) is 0 Å². The van der Waals surface area contributed by atoms with Crippen molar-refractivity contribution in [3.8, 4) is 0 Å². The summed E-state index contributed by atoms with van der Waals surface area (Å²) in [7, 11) is 0. The van der Waals surface area contributed by atoms with E-state index in [1.807, 2.05) is 0 Å². The molecule has 1 nitrogen and oxygen atoms in total. The fourth-order valence-electron chi connectivity index (χ4n) is 1.42. The second-order valence-electron chi connectivity index (χ2n) is 2.92. The van der Waals surface area contributed by atoms with Gasteiger partial charge in [0.25, 0.3) is 0 Å². The first-order chi connectivity index (χ1) is 5.29. The van der Waals surface area contributed by atoms with Gasteiger partial charge in [0.05, 0.1) is 0 Å². The molecule has 0 amide bonds. The van der Waals surface area contributed by atoms with Gasteiger partial charge < -0.3 is 0 Å². The normalized spacial score (nSPS) is 11.0. The van der Waals surface area contributed by atoms with Crippen LogP contribution in [0.3, 0.4) is 0 Å². The van der Waals surface area contributed by atoms with E-state index in [1.54, 1.807) is 0 Å². The van der Waals surface area contributed by atoms with Gasteiger partial charge in [0.1, 0.15) is 0 Å². The Hall–Kier alpha value is -0.441. The Balaban J connectivity index is 2.92. The zero-order chi connectivity index (χ0) is 7.84. The number of aromatic amines is 1. The van der Waals surface area contributed by atoms with Crippen molar-refractivity contribution in [2.75, 3.05) is 0 Å². The number of rotatable bonds is 0. The van der Waals surface area contributed by atoms with Crippen LogP contribution in [0.1, 0.15) is 5.56 Å². The third-order valence-corrected chi connectivity index (χ3v) is 5.07. The van der Waals surface area contributed by atoms with Gasteiger partial charge in [0.2, 0.25) is 0 Å². The maximum atomic E-state index is 3.42. The number of nitrogens with one attached hydrogen (secondary N) is 1. The van der Waals surface area contributed by atoms with Gasteiger partial charge in [-0.3, -0.25) is 0 Å². The minimum absolute atomic E-state index is 0.598. The van der Waals surface area contributed by atoms with Crippen LogP contribution in [-0.4, -0.2) is 27.5 Å². The first kappa shape index (κ1) is 7.22. The van der Waals surface area contributed by atoms with Gasteiger partial charge in [-0.2, -0.15) is 0 Å². The van der Waals surface area contributed by atoms with E-state index >= 15 is 0 Å². The van der Waals surface area contributed by atoms with E-state index in [0.717, 1.165) is 0 Å². The molecule has 11 heavy (non-hydrogen) atoms. The van der Waals surface area contributed by atoms with E-state index < -0.39 is 0 Å². The molecule has 1 aromatic carbocycles. The summed E-state index contributed by atoms with van der Waals surface area (Å²) in [6, 6.07) is 8.49. The Morgan fingerprint density at radius 2 is 2.00 bits per heavy atom. The number of hydrogen-bond acceptors (Lipinski definition) is 0. The molecule has 0 bridgehead atoms. The van der Waals surface area contributed by atoms with Crippen molar-refractivity contribution < 1.29 is 0 Å². The van der Waals surface area contributed by atoms with Crippen LogP contribution in [0, 0.1) is 6.92 Å². The summed E-state index contributed by atoms with van der Waals surface area (Å²) in [5.74, 6) is 0. The number of para-hydroxylation sites is 1. The molecule has 0 fully saturated rings. The predicted octanol–water partition coefficient (Wildman–Crippen LogP) is 0.467. The van der Waals surface area contributed by atoms with Gasteiger partial charge in [-0.1, -0.05) is 0 Å². The van der Waals surface area contributed by atoms with Gasteiger partial charge in [0.15, 0.2) is 0 Å². The summed E-state index contributed by atoms with van der Waals surface area (Å²) < 4.78 is 1.48. The quantitative estimate of drug-likeness (QED) is 0.656. The molecule has 56 valence electrons. The molecule has 0 saturated carbocycles. The van der Waals surface area contributed by atoms with Crippen LogP contribution >= 0.6 is 0 Å². The SMILES string of the molecule is Cc1[c]([SnH3])[nH]c2ccccc12. The molecule has 2 rings (SSSR count). The number of benzene rings is 1. The topological polar surface area (TPSA) is 15.8 Å². The molecule has 0 aliphatic rings. The van der Waals surface area contributed by atoms with Crippen LogP contribution < -0.4 is 3.71 Å². The fraction of sp³-hybridized carbons (Fsp3) is 0.111. The first-order valence-corrected chi connectivity index (χ1v) is 6.68. The number of fused-ring (bicyclic) bond motifs is 1. The number of hydrogen-bond donors (Lipinski definition) is 1. The molecular weight excluding hydrogens is 241 g/mol. The molecule has 0 atom stereocenters. The number of aromatic nitrogens is 1. The van der Waals surface area contributed by atoms with Crippen molar-refractivity contribution >= 4 is 37.1 Å². The van der Waals surface area contributed by atoms with Crippen molar-refractivity contribution in [2.24, 2.45) is 0 Å². The number of aryl methyl sites for hydroxylation is 1. The second-order valence-corrected chi connectivity index (χ2v) is 5.77. The molecule has 0 radical (unpaired) electrons. The standard InChI is InChI=1S/C9H8N.Sn.3H/c1-7-6-10-9-5-3-2-4-8(7)9;;;;/h2-5,10H,1H3;;;;. The van der Waals surface area contributed by atoms with Gasteiger partial charge >= 0.3 is 78.9 Å². The van der Waals surface area contributed by atoms with Crippen LogP contribution in [0.4, 0.5) is 0 Å². The van der Waals surface area contributed by atoms with Crippen molar-refractivity contribution in [3.63, 3.8) is 0 Å². The maximum absolute atomic E-state index is 3.42. The van der Waals surface area contributed by atoms with Crippen LogP contribution in [0.25, 0.3) is 10.9 Å². The summed E-state index contributed by atoms with van der Waals surface area (Å²) in [6.45, 7) is 2.20. The molecule has 1 N–H and O–H groups in total. The fourth-order valence-corrected chi connectivity index (χ4v) is 2.95. The van der Waals surface area contributed by atoms with Gasteiger partial charge in [-0.05, 0) is 0 Å². The molecule has 0 aliphatic carbocycles. The van der Waals surface area contributed by atoms with Gasteiger partial charge in [0, 0.05) is 0 Å². The summed E-state index contributed by atoms with van der Waals surface area (Å²) >= 11 is 0.598. The predicted molar refractivity (Wildman–Crippen MR) is 52.6 cm³/mol. The van der Waals surface area contributed by atoms with Crippen LogP contribution in [0.5, 0.6) is 0 Å². The molecule has 0 aliphatic heterocycles. The van der Waals surface area contributed by atoms with E-state index in [4.69, 9.17) is 0 Å².